The smallest absolute Gasteiger partial charge is 0.318 e. The molecule has 0 radical (unpaired) electrons. The number of H-pyrrole nitrogens is 1. The standard InChI is InChI=1S/C20H19N5O3S/c1-3-20(13-7-5-4-6-8-13)18(27)25(19(28)21-20)24-17(26)15-11-14(22-23-15)16-10-9-12(2)29-16/h4-11H,3H2,1-2H3,(H,21,28)(H,22,23)(H,24,26)/t20-/m0/s1. The van der Waals surface area contributed by atoms with Crippen molar-refractivity contribution in [2.45, 2.75) is 25.8 Å². The number of thiophene rings is 1. The average Bonchev–Trinajstić information content (AvgIpc) is 3.43. The molecule has 0 unspecified atom stereocenters. The number of imide groups is 1. The number of carbonyl (C=O) groups excluding carboxylic acids is 3. The average molecular weight is 409 g/mol. The summed E-state index contributed by atoms with van der Waals surface area (Å²) in [5.41, 5.74) is 2.60. The quantitative estimate of drug-likeness (QED) is 0.563. The SMILES string of the molecule is CC[C@@]1(c2ccccc2)NC(=O)N(NC(=O)c2cc(-c3ccc(C)s3)[nH]n2)C1=O. The summed E-state index contributed by atoms with van der Waals surface area (Å²) in [6, 6.07) is 13.8. The van der Waals surface area contributed by atoms with Crippen molar-refractivity contribution in [2.75, 3.05) is 0 Å². The van der Waals surface area contributed by atoms with Gasteiger partial charge in [0.25, 0.3) is 11.8 Å². The molecule has 4 rings (SSSR count). The van der Waals surface area contributed by atoms with Gasteiger partial charge in [0.15, 0.2) is 5.69 Å². The molecule has 1 aromatic carbocycles. The van der Waals surface area contributed by atoms with Crippen molar-refractivity contribution in [1.29, 1.82) is 0 Å². The van der Waals surface area contributed by atoms with E-state index in [9.17, 15) is 14.4 Å². The Kier molecular flexibility index (Phi) is 4.67. The molecule has 0 saturated carbocycles. The van der Waals surface area contributed by atoms with Gasteiger partial charge in [-0.1, -0.05) is 37.3 Å². The summed E-state index contributed by atoms with van der Waals surface area (Å²) in [7, 11) is 0. The Bertz CT molecular complexity index is 1090. The van der Waals surface area contributed by atoms with Gasteiger partial charge in [0.05, 0.1) is 10.6 Å². The molecule has 1 saturated heterocycles. The van der Waals surface area contributed by atoms with Crippen molar-refractivity contribution in [3.63, 3.8) is 0 Å². The lowest BCUT2D eigenvalue weighted by Gasteiger charge is -2.25. The minimum Gasteiger partial charge on any atom is -0.318 e. The van der Waals surface area contributed by atoms with E-state index in [4.69, 9.17) is 0 Å². The highest BCUT2D eigenvalue weighted by molar-refractivity contribution is 7.15. The first-order valence-electron chi connectivity index (χ1n) is 9.10. The number of nitrogens with zero attached hydrogens (tertiary/aromatic N) is 2. The molecule has 3 N–H and O–H groups in total. The van der Waals surface area contributed by atoms with Crippen LogP contribution in [0.4, 0.5) is 4.79 Å². The topological polar surface area (TPSA) is 107 Å². The number of nitrogens with one attached hydrogen (secondary N) is 3. The summed E-state index contributed by atoms with van der Waals surface area (Å²) in [6.45, 7) is 3.79. The Hall–Kier alpha value is -3.46. The molecule has 3 aromatic rings. The van der Waals surface area contributed by atoms with E-state index in [0.717, 1.165) is 14.8 Å². The van der Waals surface area contributed by atoms with Crippen LogP contribution in [0.2, 0.25) is 0 Å². The summed E-state index contributed by atoms with van der Waals surface area (Å²) < 4.78 is 0. The molecule has 1 atom stereocenters. The third kappa shape index (κ3) is 3.19. The van der Waals surface area contributed by atoms with E-state index in [2.05, 4.69) is 20.9 Å². The molecule has 9 heteroatoms. The number of hydrogen-bond donors (Lipinski definition) is 3. The molecule has 0 bridgehead atoms. The summed E-state index contributed by atoms with van der Waals surface area (Å²) >= 11 is 1.57. The summed E-state index contributed by atoms with van der Waals surface area (Å²) in [5.74, 6) is -1.18. The fourth-order valence-corrected chi connectivity index (χ4v) is 4.17. The number of rotatable bonds is 5. The zero-order valence-corrected chi connectivity index (χ0v) is 16.7. The number of hydrogen-bond acceptors (Lipinski definition) is 5. The van der Waals surface area contributed by atoms with Gasteiger partial charge in [-0.2, -0.15) is 10.1 Å². The molecule has 1 aliphatic heterocycles. The Morgan fingerprint density at radius 2 is 1.97 bits per heavy atom. The van der Waals surface area contributed by atoms with Crippen LogP contribution in [0.3, 0.4) is 0 Å². The maximum absolute atomic E-state index is 13.1. The van der Waals surface area contributed by atoms with Crippen molar-refractivity contribution in [3.05, 3.63) is 64.7 Å². The van der Waals surface area contributed by atoms with Crippen molar-refractivity contribution in [1.82, 2.24) is 25.9 Å². The number of urea groups is 1. The van der Waals surface area contributed by atoms with Crippen LogP contribution in [-0.2, 0) is 10.3 Å². The zero-order valence-electron chi connectivity index (χ0n) is 15.9. The van der Waals surface area contributed by atoms with E-state index in [-0.39, 0.29) is 5.69 Å². The van der Waals surface area contributed by atoms with Crippen LogP contribution in [0.5, 0.6) is 0 Å². The van der Waals surface area contributed by atoms with E-state index >= 15 is 0 Å². The van der Waals surface area contributed by atoms with Crippen molar-refractivity contribution < 1.29 is 14.4 Å². The van der Waals surface area contributed by atoms with Gasteiger partial charge in [-0.25, -0.2) is 4.79 Å². The minimum absolute atomic E-state index is 0.0837. The molecule has 3 heterocycles. The Labute approximate surface area is 170 Å². The van der Waals surface area contributed by atoms with Gasteiger partial charge in [0.1, 0.15) is 5.54 Å². The van der Waals surface area contributed by atoms with Crippen molar-refractivity contribution in [3.8, 4) is 10.6 Å². The molecular weight excluding hydrogens is 390 g/mol. The highest BCUT2D eigenvalue weighted by Gasteiger charge is 2.52. The molecule has 2 aromatic heterocycles. The number of amides is 4. The molecule has 1 aliphatic rings. The van der Waals surface area contributed by atoms with Crippen LogP contribution in [-0.4, -0.2) is 33.1 Å². The number of carbonyl (C=O) groups is 3. The molecule has 0 spiro atoms. The Morgan fingerprint density at radius 1 is 1.21 bits per heavy atom. The first-order chi connectivity index (χ1) is 13.9. The second-order valence-corrected chi connectivity index (χ2v) is 8.00. The molecule has 0 aliphatic carbocycles. The number of aromatic nitrogens is 2. The summed E-state index contributed by atoms with van der Waals surface area (Å²) in [6.07, 6.45) is 0.345. The van der Waals surface area contributed by atoms with E-state index in [1.165, 1.54) is 0 Å². The predicted molar refractivity (Wildman–Crippen MR) is 108 cm³/mol. The lowest BCUT2D eigenvalue weighted by molar-refractivity contribution is -0.133. The highest BCUT2D eigenvalue weighted by Crippen LogP contribution is 2.31. The largest absolute Gasteiger partial charge is 0.344 e. The van der Waals surface area contributed by atoms with E-state index in [1.807, 2.05) is 25.1 Å². The van der Waals surface area contributed by atoms with Crippen LogP contribution in [0.25, 0.3) is 10.6 Å². The second-order valence-electron chi connectivity index (χ2n) is 6.71. The number of hydrazine groups is 1. The van der Waals surface area contributed by atoms with E-state index in [1.54, 1.807) is 48.6 Å². The van der Waals surface area contributed by atoms with Crippen LogP contribution in [0.1, 0.15) is 34.3 Å². The van der Waals surface area contributed by atoms with Crippen molar-refractivity contribution >= 4 is 29.2 Å². The normalized spacial score (nSPS) is 18.8. The summed E-state index contributed by atoms with van der Waals surface area (Å²) in [4.78, 5) is 40.2. The Morgan fingerprint density at radius 3 is 2.62 bits per heavy atom. The number of benzene rings is 1. The van der Waals surface area contributed by atoms with Gasteiger partial charge in [-0.15, -0.1) is 11.3 Å². The molecular formula is C20H19N5O3S. The fourth-order valence-electron chi connectivity index (χ4n) is 3.34. The van der Waals surface area contributed by atoms with E-state index < -0.39 is 23.4 Å². The molecule has 4 amide bonds. The van der Waals surface area contributed by atoms with Gasteiger partial charge in [-0.3, -0.25) is 20.1 Å². The predicted octanol–water partition coefficient (Wildman–Crippen LogP) is 2.95. The zero-order chi connectivity index (χ0) is 20.6. The van der Waals surface area contributed by atoms with Crippen LogP contribution in [0.15, 0.2) is 48.5 Å². The van der Waals surface area contributed by atoms with Crippen LogP contribution < -0.4 is 10.7 Å². The Balaban J connectivity index is 1.55. The maximum Gasteiger partial charge on any atom is 0.344 e. The first-order valence-corrected chi connectivity index (χ1v) is 9.91. The van der Waals surface area contributed by atoms with Crippen LogP contribution >= 0.6 is 11.3 Å². The lowest BCUT2D eigenvalue weighted by Crippen LogP contribution is -2.48. The van der Waals surface area contributed by atoms with Crippen LogP contribution in [0, 0.1) is 6.92 Å². The molecule has 8 nitrogen and oxygen atoms in total. The van der Waals surface area contributed by atoms with E-state index in [0.29, 0.717) is 17.7 Å². The lowest BCUT2D eigenvalue weighted by atomic mass is 9.87. The van der Waals surface area contributed by atoms with Gasteiger partial charge < -0.3 is 5.32 Å². The van der Waals surface area contributed by atoms with Crippen molar-refractivity contribution in [2.24, 2.45) is 0 Å². The maximum atomic E-state index is 13.1. The second kappa shape index (κ2) is 7.17. The first kappa shape index (κ1) is 18.9. The number of aryl methyl sites for hydroxylation is 1. The van der Waals surface area contributed by atoms with Gasteiger partial charge in [0, 0.05) is 4.88 Å². The summed E-state index contributed by atoms with van der Waals surface area (Å²) in [5, 5.41) is 10.3. The molecule has 29 heavy (non-hydrogen) atoms. The number of aromatic amines is 1. The third-order valence-corrected chi connectivity index (χ3v) is 5.95. The fraction of sp³-hybridized carbons (Fsp3) is 0.200. The molecule has 148 valence electrons. The third-order valence-electron chi connectivity index (χ3n) is 4.92. The molecule has 1 fully saturated rings. The minimum atomic E-state index is -1.21. The van der Waals surface area contributed by atoms with Gasteiger partial charge in [0.2, 0.25) is 0 Å². The highest BCUT2D eigenvalue weighted by atomic mass is 32.1. The van der Waals surface area contributed by atoms with Gasteiger partial charge >= 0.3 is 6.03 Å². The van der Waals surface area contributed by atoms with Gasteiger partial charge in [-0.05, 0) is 37.1 Å². The monoisotopic (exact) mass is 409 g/mol.